The van der Waals surface area contributed by atoms with Crippen molar-refractivity contribution < 1.29 is 8.42 Å². The number of guanidine groups is 1. The van der Waals surface area contributed by atoms with Crippen molar-refractivity contribution in [2.24, 2.45) is 4.99 Å². The Kier molecular flexibility index (Phi) is 7.69. The number of sulfone groups is 1. The summed E-state index contributed by atoms with van der Waals surface area (Å²) in [7, 11) is -3.16. The Morgan fingerprint density at radius 1 is 1.29 bits per heavy atom. The summed E-state index contributed by atoms with van der Waals surface area (Å²) in [5, 5.41) is 6.68. The molecule has 7 nitrogen and oxygen atoms in total. The van der Waals surface area contributed by atoms with Crippen LogP contribution in [0.5, 0.6) is 0 Å². The standard InChI is InChI=1S/C20H35N5O2S/c1-6-21-19(22-11-14-28(26,27)20(3,4)5)24-17-9-12-25(13-10-17)18-8-7-16(2)15-23-18/h7-8,15,17H,6,9-14H2,1-5H3,(H2,21,22,24). The van der Waals surface area contributed by atoms with Gasteiger partial charge in [-0.2, -0.15) is 0 Å². The number of pyridine rings is 1. The van der Waals surface area contributed by atoms with E-state index >= 15 is 0 Å². The zero-order valence-corrected chi connectivity index (χ0v) is 18.6. The number of rotatable bonds is 6. The third kappa shape index (κ3) is 6.36. The Bertz CT molecular complexity index is 746. The van der Waals surface area contributed by atoms with Gasteiger partial charge < -0.3 is 15.5 Å². The minimum Gasteiger partial charge on any atom is -0.357 e. The quantitative estimate of drug-likeness (QED) is 0.553. The molecular formula is C20H35N5O2S. The normalized spacial score (nSPS) is 16.9. The van der Waals surface area contributed by atoms with Gasteiger partial charge in [-0.3, -0.25) is 4.99 Å². The molecule has 1 aliphatic rings. The molecular weight excluding hydrogens is 374 g/mol. The average Bonchev–Trinajstić information content (AvgIpc) is 2.62. The molecule has 1 saturated heterocycles. The van der Waals surface area contributed by atoms with Crippen molar-refractivity contribution in [2.75, 3.05) is 36.8 Å². The molecule has 8 heteroatoms. The Morgan fingerprint density at radius 2 is 1.96 bits per heavy atom. The van der Waals surface area contributed by atoms with Crippen LogP contribution in [0.25, 0.3) is 0 Å². The predicted octanol–water partition coefficient (Wildman–Crippen LogP) is 2.13. The van der Waals surface area contributed by atoms with Crippen LogP contribution in [0, 0.1) is 6.92 Å². The first-order chi connectivity index (χ1) is 13.1. The maximum atomic E-state index is 12.3. The van der Waals surface area contributed by atoms with Gasteiger partial charge in [-0.1, -0.05) is 6.07 Å². The molecule has 2 heterocycles. The second-order valence-electron chi connectivity index (χ2n) is 8.29. The van der Waals surface area contributed by atoms with E-state index in [2.05, 4.69) is 37.6 Å². The van der Waals surface area contributed by atoms with Gasteiger partial charge in [0.2, 0.25) is 0 Å². The first kappa shape index (κ1) is 22.5. The van der Waals surface area contributed by atoms with E-state index in [1.54, 1.807) is 20.8 Å². The second kappa shape index (κ2) is 9.58. The van der Waals surface area contributed by atoms with Crippen molar-refractivity contribution in [3.8, 4) is 0 Å². The van der Waals surface area contributed by atoms with Crippen molar-refractivity contribution in [1.82, 2.24) is 15.6 Å². The van der Waals surface area contributed by atoms with Gasteiger partial charge in [0.15, 0.2) is 15.8 Å². The van der Waals surface area contributed by atoms with Gasteiger partial charge in [-0.15, -0.1) is 0 Å². The molecule has 1 aliphatic heterocycles. The summed E-state index contributed by atoms with van der Waals surface area (Å²) in [4.78, 5) is 11.3. The van der Waals surface area contributed by atoms with E-state index in [0.717, 1.165) is 38.3 Å². The van der Waals surface area contributed by atoms with Gasteiger partial charge in [0.1, 0.15) is 5.82 Å². The molecule has 2 rings (SSSR count). The van der Waals surface area contributed by atoms with Crippen LogP contribution in [0.15, 0.2) is 23.3 Å². The maximum absolute atomic E-state index is 12.3. The van der Waals surface area contributed by atoms with E-state index in [0.29, 0.717) is 12.0 Å². The molecule has 0 amide bonds. The van der Waals surface area contributed by atoms with E-state index in [9.17, 15) is 8.42 Å². The first-order valence-electron chi connectivity index (χ1n) is 10.1. The molecule has 158 valence electrons. The van der Waals surface area contributed by atoms with Crippen molar-refractivity contribution in [1.29, 1.82) is 0 Å². The van der Waals surface area contributed by atoms with Gasteiger partial charge in [-0.25, -0.2) is 13.4 Å². The second-order valence-corrected chi connectivity index (χ2v) is 11.2. The Labute approximate surface area is 169 Å². The molecule has 1 aromatic heterocycles. The molecule has 0 aromatic carbocycles. The number of nitrogens with zero attached hydrogens (tertiary/aromatic N) is 3. The number of nitrogens with one attached hydrogen (secondary N) is 2. The van der Waals surface area contributed by atoms with Crippen molar-refractivity contribution in [2.45, 2.75) is 58.2 Å². The summed E-state index contributed by atoms with van der Waals surface area (Å²) in [5.41, 5.74) is 1.17. The lowest BCUT2D eigenvalue weighted by molar-refractivity contribution is 0.459. The lowest BCUT2D eigenvalue weighted by atomic mass is 10.1. The number of anilines is 1. The van der Waals surface area contributed by atoms with E-state index in [-0.39, 0.29) is 12.3 Å². The number of hydrogen-bond acceptors (Lipinski definition) is 5. The fourth-order valence-corrected chi connectivity index (χ4v) is 3.94. The molecule has 28 heavy (non-hydrogen) atoms. The number of piperidine rings is 1. The predicted molar refractivity (Wildman–Crippen MR) is 117 cm³/mol. The summed E-state index contributed by atoms with van der Waals surface area (Å²) in [5.74, 6) is 1.78. The molecule has 0 saturated carbocycles. The van der Waals surface area contributed by atoms with Gasteiger partial charge >= 0.3 is 0 Å². The highest BCUT2D eigenvalue weighted by molar-refractivity contribution is 7.92. The molecule has 0 radical (unpaired) electrons. The van der Waals surface area contributed by atoms with Crippen LogP contribution in [0.2, 0.25) is 0 Å². The Hall–Kier alpha value is -1.83. The monoisotopic (exact) mass is 409 g/mol. The minimum atomic E-state index is -3.16. The van der Waals surface area contributed by atoms with Gasteiger partial charge in [0.25, 0.3) is 0 Å². The van der Waals surface area contributed by atoms with Crippen LogP contribution in [-0.4, -0.2) is 62.1 Å². The third-order valence-electron chi connectivity index (χ3n) is 4.96. The molecule has 2 N–H and O–H groups in total. The fraction of sp³-hybridized carbons (Fsp3) is 0.700. The first-order valence-corrected chi connectivity index (χ1v) is 11.7. The summed E-state index contributed by atoms with van der Waals surface area (Å²) < 4.78 is 23.8. The van der Waals surface area contributed by atoms with Crippen molar-refractivity contribution in [3.63, 3.8) is 0 Å². The van der Waals surface area contributed by atoms with E-state index in [1.807, 2.05) is 20.0 Å². The van der Waals surface area contributed by atoms with Crippen LogP contribution in [0.3, 0.4) is 0 Å². The highest BCUT2D eigenvalue weighted by Gasteiger charge is 2.28. The van der Waals surface area contributed by atoms with E-state index in [1.165, 1.54) is 5.56 Å². The number of aromatic nitrogens is 1. The molecule has 0 unspecified atom stereocenters. The fourth-order valence-electron chi connectivity index (χ4n) is 3.00. The minimum absolute atomic E-state index is 0.0601. The summed E-state index contributed by atoms with van der Waals surface area (Å²) in [6.45, 7) is 12.1. The molecule has 1 aromatic rings. The SMILES string of the molecule is CCNC(=NCCS(=O)(=O)C(C)(C)C)NC1CCN(c2ccc(C)cn2)CC1. The molecule has 0 spiro atoms. The maximum Gasteiger partial charge on any atom is 0.191 e. The van der Waals surface area contributed by atoms with E-state index in [4.69, 9.17) is 0 Å². The molecule has 1 fully saturated rings. The third-order valence-corrected chi connectivity index (χ3v) is 7.55. The zero-order valence-electron chi connectivity index (χ0n) is 17.8. The smallest absolute Gasteiger partial charge is 0.191 e. The molecule has 0 aliphatic carbocycles. The highest BCUT2D eigenvalue weighted by atomic mass is 32.2. The highest BCUT2D eigenvalue weighted by Crippen LogP contribution is 2.18. The molecule has 0 atom stereocenters. The van der Waals surface area contributed by atoms with Crippen LogP contribution in [-0.2, 0) is 9.84 Å². The van der Waals surface area contributed by atoms with Crippen molar-refractivity contribution in [3.05, 3.63) is 23.9 Å². The summed E-state index contributed by atoms with van der Waals surface area (Å²) in [6, 6.07) is 4.48. The van der Waals surface area contributed by atoms with Gasteiger partial charge in [-0.05, 0) is 59.1 Å². The molecule has 0 bridgehead atoms. The lowest BCUT2D eigenvalue weighted by Gasteiger charge is -2.33. The summed E-state index contributed by atoms with van der Waals surface area (Å²) >= 11 is 0. The van der Waals surface area contributed by atoms with Crippen LogP contribution >= 0.6 is 0 Å². The number of aliphatic imine (C=N–C) groups is 1. The topological polar surface area (TPSA) is 86.7 Å². The zero-order chi connectivity index (χ0) is 20.8. The van der Waals surface area contributed by atoms with Crippen LogP contribution in [0.4, 0.5) is 5.82 Å². The van der Waals surface area contributed by atoms with E-state index < -0.39 is 14.6 Å². The van der Waals surface area contributed by atoms with Crippen molar-refractivity contribution >= 4 is 21.6 Å². The number of hydrogen-bond donors (Lipinski definition) is 2. The van der Waals surface area contributed by atoms with Crippen LogP contribution < -0.4 is 15.5 Å². The summed E-state index contributed by atoms with van der Waals surface area (Å²) in [6.07, 6.45) is 3.88. The van der Waals surface area contributed by atoms with Crippen LogP contribution in [0.1, 0.15) is 46.1 Å². The largest absolute Gasteiger partial charge is 0.357 e. The number of aryl methyl sites for hydroxylation is 1. The average molecular weight is 410 g/mol. The lowest BCUT2D eigenvalue weighted by Crippen LogP contribution is -2.49. The van der Waals surface area contributed by atoms with Gasteiger partial charge in [0.05, 0.1) is 17.0 Å². The Balaban J connectivity index is 1.88. The van der Waals surface area contributed by atoms with Gasteiger partial charge in [0, 0.05) is 31.9 Å². The Morgan fingerprint density at radius 3 is 2.50 bits per heavy atom.